The van der Waals surface area contributed by atoms with Crippen molar-refractivity contribution in [2.45, 2.75) is 25.6 Å². The Labute approximate surface area is 130 Å². The molecule has 1 aliphatic rings. The van der Waals surface area contributed by atoms with E-state index in [1.165, 1.54) is 23.5 Å². The van der Waals surface area contributed by atoms with Crippen molar-refractivity contribution in [3.8, 4) is 5.75 Å². The van der Waals surface area contributed by atoms with E-state index < -0.39 is 11.9 Å². The van der Waals surface area contributed by atoms with E-state index in [0.29, 0.717) is 23.2 Å². The van der Waals surface area contributed by atoms with Crippen LogP contribution in [0.3, 0.4) is 0 Å². The van der Waals surface area contributed by atoms with E-state index in [1.807, 2.05) is 0 Å². The molecule has 1 N–H and O–H groups in total. The van der Waals surface area contributed by atoms with E-state index in [9.17, 15) is 9.18 Å². The van der Waals surface area contributed by atoms with Crippen LogP contribution in [-0.2, 0) is 16.1 Å². The molecule has 0 aliphatic carbocycles. The number of amides is 1. The van der Waals surface area contributed by atoms with Crippen molar-refractivity contribution in [1.29, 1.82) is 0 Å². The second-order valence-corrected chi connectivity index (χ2v) is 5.77. The molecule has 22 heavy (non-hydrogen) atoms. The van der Waals surface area contributed by atoms with Gasteiger partial charge in [0.05, 0.1) is 0 Å². The molecule has 1 fully saturated rings. The number of carbonyl (C=O) groups excluding carboxylic acids is 1. The molecule has 116 valence electrons. The van der Waals surface area contributed by atoms with Gasteiger partial charge in [-0.3, -0.25) is 10.1 Å². The lowest BCUT2D eigenvalue weighted by Gasteiger charge is -2.07. The number of carbonyl (C=O) groups is 1. The summed E-state index contributed by atoms with van der Waals surface area (Å²) in [6.07, 6.45) is 1.19. The fraction of sp³-hybridized carbons (Fsp3) is 0.357. The van der Waals surface area contributed by atoms with Gasteiger partial charge < -0.3 is 9.47 Å². The summed E-state index contributed by atoms with van der Waals surface area (Å²) >= 11 is 1.19. The lowest BCUT2D eigenvalue weighted by Crippen LogP contribution is -2.26. The molecule has 0 saturated carbocycles. The quantitative estimate of drug-likeness (QED) is 0.914. The van der Waals surface area contributed by atoms with E-state index >= 15 is 0 Å². The second kappa shape index (κ2) is 6.80. The minimum absolute atomic E-state index is 0.0917. The molecule has 0 spiro atoms. The van der Waals surface area contributed by atoms with Crippen molar-refractivity contribution in [2.24, 2.45) is 0 Å². The summed E-state index contributed by atoms with van der Waals surface area (Å²) in [5.41, 5.74) is 0. The zero-order valence-corrected chi connectivity index (χ0v) is 12.4. The molecule has 3 rings (SSSR count). The highest BCUT2D eigenvalue weighted by Crippen LogP contribution is 2.21. The van der Waals surface area contributed by atoms with Crippen LogP contribution in [0.2, 0.25) is 0 Å². The van der Waals surface area contributed by atoms with Crippen LogP contribution in [-0.4, -0.2) is 28.8 Å². The first kappa shape index (κ1) is 14.9. The standard InChI is InChI=1S/C14H14FN3O3S/c15-9-4-1-2-5-10(9)21-8-12-17-18-14(22-12)16-13(19)11-6-3-7-20-11/h1-2,4-5,11H,3,6-8H2,(H,16,18,19). The Morgan fingerprint density at radius 2 is 2.32 bits per heavy atom. The molecule has 1 aromatic carbocycles. The van der Waals surface area contributed by atoms with Crippen molar-refractivity contribution in [1.82, 2.24) is 10.2 Å². The Morgan fingerprint density at radius 1 is 1.45 bits per heavy atom. The molecule has 0 bridgehead atoms. The fourth-order valence-corrected chi connectivity index (χ4v) is 2.69. The Bertz CT molecular complexity index is 658. The molecule has 1 unspecified atom stereocenters. The maximum atomic E-state index is 13.4. The van der Waals surface area contributed by atoms with Crippen molar-refractivity contribution in [3.63, 3.8) is 0 Å². The summed E-state index contributed by atoms with van der Waals surface area (Å²) < 4.78 is 24.0. The van der Waals surface area contributed by atoms with E-state index in [2.05, 4.69) is 15.5 Å². The highest BCUT2D eigenvalue weighted by atomic mass is 32.1. The molecule has 1 aliphatic heterocycles. The van der Waals surface area contributed by atoms with Gasteiger partial charge in [-0.25, -0.2) is 4.39 Å². The number of rotatable bonds is 5. The molecule has 8 heteroatoms. The summed E-state index contributed by atoms with van der Waals surface area (Å²) in [5, 5.41) is 11.4. The average molecular weight is 323 g/mol. The van der Waals surface area contributed by atoms with Crippen molar-refractivity contribution in [2.75, 3.05) is 11.9 Å². The molecule has 1 aromatic heterocycles. The van der Waals surface area contributed by atoms with Crippen LogP contribution in [0.1, 0.15) is 17.8 Å². The van der Waals surface area contributed by atoms with Gasteiger partial charge in [0.2, 0.25) is 5.13 Å². The normalized spacial score (nSPS) is 17.4. The predicted octanol–water partition coefficient (Wildman–Crippen LogP) is 2.37. The molecular formula is C14H14FN3O3S. The minimum Gasteiger partial charge on any atom is -0.483 e. The van der Waals surface area contributed by atoms with Crippen molar-refractivity contribution in [3.05, 3.63) is 35.1 Å². The summed E-state index contributed by atoms with van der Waals surface area (Å²) in [7, 11) is 0. The van der Waals surface area contributed by atoms with Gasteiger partial charge in [0.15, 0.2) is 16.6 Å². The third kappa shape index (κ3) is 3.58. The number of nitrogens with one attached hydrogen (secondary N) is 1. The number of para-hydroxylation sites is 1. The number of hydrogen-bond acceptors (Lipinski definition) is 6. The third-order valence-corrected chi connectivity index (χ3v) is 3.92. The highest BCUT2D eigenvalue weighted by Gasteiger charge is 2.24. The first-order chi connectivity index (χ1) is 10.7. The van der Waals surface area contributed by atoms with Crippen LogP contribution in [0.15, 0.2) is 24.3 Å². The molecular weight excluding hydrogens is 309 g/mol. The zero-order chi connectivity index (χ0) is 15.4. The van der Waals surface area contributed by atoms with Crippen LogP contribution in [0.25, 0.3) is 0 Å². The molecule has 0 radical (unpaired) electrons. The van der Waals surface area contributed by atoms with Gasteiger partial charge in [-0.2, -0.15) is 0 Å². The average Bonchev–Trinajstić information content (AvgIpc) is 3.18. The minimum atomic E-state index is -0.432. The molecule has 1 atom stereocenters. The smallest absolute Gasteiger partial charge is 0.255 e. The van der Waals surface area contributed by atoms with E-state index in [-0.39, 0.29) is 18.3 Å². The summed E-state index contributed by atoms with van der Waals surface area (Å²) in [4.78, 5) is 11.9. The number of halogens is 1. The molecule has 1 saturated heterocycles. The van der Waals surface area contributed by atoms with Crippen molar-refractivity contribution >= 4 is 22.4 Å². The Kier molecular flexibility index (Phi) is 4.59. The number of hydrogen-bond donors (Lipinski definition) is 1. The van der Waals surface area contributed by atoms with Gasteiger partial charge in [-0.1, -0.05) is 23.5 Å². The van der Waals surface area contributed by atoms with Crippen LogP contribution in [0.4, 0.5) is 9.52 Å². The molecule has 2 heterocycles. The summed E-state index contributed by atoms with van der Waals surface area (Å²) in [6.45, 7) is 0.699. The Hall–Kier alpha value is -2.06. The topological polar surface area (TPSA) is 73.3 Å². The third-order valence-electron chi connectivity index (χ3n) is 3.11. The fourth-order valence-electron chi connectivity index (χ4n) is 2.03. The van der Waals surface area contributed by atoms with Gasteiger partial charge in [-0.15, -0.1) is 10.2 Å². The monoisotopic (exact) mass is 323 g/mol. The molecule has 1 amide bonds. The van der Waals surface area contributed by atoms with Crippen LogP contribution in [0.5, 0.6) is 5.75 Å². The second-order valence-electron chi connectivity index (χ2n) is 4.71. The largest absolute Gasteiger partial charge is 0.483 e. The first-order valence-electron chi connectivity index (χ1n) is 6.84. The van der Waals surface area contributed by atoms with Gasteiger partial charge >= 0.3 is 0 Å². The number of benzene rings is 1. The van der Waals surface area contributed by atoms with Gasteiger partial charge in [0.25, 0.3) is 5.91 Å². The maximum Gasteiger partial charge on any atom is 0.255 e. The lowest BCUT2D eigenvalue weighted by molar-refractivity contribution is -0.124. The predicted molar refractivity (Wildman–Crippen MR) is 78.2 cm³/mol. The summed E-state index contributed by atoms with van der Waals surface area (Å²) in [5.74, 6) is -0.489. The van der Waals surface area contributed by atoms with E-state index in [4.69, 9.17) is 9.47 Å². The maximum absolute atomic E-state index is 13.4. The molecule has 2 aromatic rings. The zero-order valence-electron chi connectivity index (χ0n) is 11.6. The van der Waals surface area contributed by atoms with Gasteiger partial charge in [0, 0.05) is 6.61 Å². The first-order valence-corrected chi connectivity index (χ1v) is 7.66. The van der Waals surface area contributed by atoms with Gasteiger partial charge in [-0.05, 0) is 25.0 Å². The number of anilines is 1. The Morgan fingerprint density at radius 3 is 3.09 bits per heavy atom. The highest BCUT2D eigenvalue weighted by molar-refractivity contribution is 7.15. The van der Waals surface area contributed by atoms with Crippen LogP contribution < -0.4 is 10.1 Å². The molecule has 6 nitrogen and oxygen atoms in total. The number of nitrogens with zero attached hydrogens (tertiary/aromatic N) is 2. The Balaban J connectivity index is 1.55. The van der Waals surface area contributed by atoms with E-state index in [1.54, 1.807) is 12.1 Å². The summed E-state index contributed by atoms with van der Waals surface area (Å²) in [6, 6.07) is 6.14. The number of ether oxygens (including phenoxy) is 2. The van der Waals surface area contributed by atoms with Crippen molar-refractivity contribution < 1.29 is 18.7 Å². The lowest BCUT2D eigenvalue weighted by atomic mass is 10.2. The van der Waals surface area contributed by atoms with Gasteiger partial charge in [0.1, 0.15) is 12.7 Å². The van der Waals surface area contributed by atoms with Crippen LogP contribution >= 0.6 is 11.3 Å². The van der Waals surface area contributed by atoms with E-state index in [0.717, 1.165) is 6.42 Å². The number of aromatic nitrogens is 2. The SMILES string of the molecule is O=C(Nc1nnc(COc2ccccc2F)s1)C1CCCO1. The van der Waals surface area contributed by atoms with Crippen LogP contribution in [0, 0.1) is 5.82 Å².